The van der Waals surface area contributed by atoms with E-state index in [4.69, 9.17) is 20.9 Å². The highest BCUT2D eigenvalue weighted by Gasteiger charge is 2.47. The van der Waals surface area contributed by atoms with Gasteiger partial charge in [-0.25, -0.2) is 4.79 Å². The first-order valence-corrected chi connectivity index (χ1v) is 6.58. The number of rotatable bonds is 4. The number of carbonyl (C=O) groups is 2. The molecule has 1 rings (SSSR count). The van der Waals surface area contributed by atoms with Crippen molar-refractivity contribution in [3.05, 3.63) is 35.9 Å². The Hall–Kier alpha value is -1.92. The van der Waals surface area contributed by atoms with Crippen molar-refractivity contribution < 1.29 is 19.1 Å². The fraction of sp³-hybridized carbons (Fsp3) is 0.467. The molecule has 0 saturated heterocycles. The second-order valence-corrected chi connectivity index (χ2v) is 5.77. The van der Waals surface area contributed by atoms with Crippen LogP contribution in [0.2, 0.25) is 0 Å². The Labute approximate surface area is 124 Å². The Balaban J connectivity index is 3.22. The number of carbonyl (C=O) groups excluding carboxylic acids is 2. The van der Waals surface area contributed by atoms with E-state index in [1.165, 1.54) is 6.92 Å². The third-order valence-corrected chi connectivity index (χ3v) is 2.73. The molecule has 0 bridgehead atoms. The van der Waals surface area contributed by atoms with Crippen LogP contribution in [-0.2, 0) is 24.6 Å². The SMILES string of the molecule is CC(=O)OC(N)[C@@](N)(C(=O)OC(C)(C)C)c1ccccc1. The van der Waals surface area contributed by atoms with Gasteiger partial charge in [0.05, 0.1) is 0 Å². The van der Waals surface area contributed by atoms with Crippen LogP contribution in [0, 0.1) is 0 Å². The molecule has 6 nitrogen and oxygen atoms in total. The summed E-state index contributed by atoms with van der Waals surface area (Å²) in [5.74, 6) is -1.38. The number of hydrogen-bond donors (Lipinski definition) is 2. The molecule has 0 aliphatic rings. The van der Waals surface area contributed by atoms with Crippen molar-refractivity contribution in [3.8, 4) is 0 Å². The predicted octanol–water partition coefficient (Wildman–Crippen LogP) is 1.03. The maximum Gasteiger partial charge on any atom is 0.336 e. The van der Waals surface area contributed by atoms with Gasteiger partial charge in [0, 0.05) is 6.92 Å². The van der Waals surface area contributed by atoms with Gasteiger partial charge in [-0.15, -0.1) is 0 Å². The smallest absolute Gasteiger partial charge is 0.336 e. The standard InChI is InChI=1S/C15H22N2O4/c1-10(18)20-12(16)15(17,11-8-6-5-7-9-11)13(19)21-14(2,3)4/h5-9,12H,16-17H2,1-4H3/t12?,15-/m1/s1. The molecule has 1 aromatic carbocycles. The Kier molecular flexibility index (Phi) is 5.09. The minimum Gasteiger partial charge on any atom is -0.458 e. The van der Waals surface area contributed by atoms with Crippen LogP contribution in [0.1, 0.15) is 33.3 Å². The summed E-state index contributed by atoms with van der Waals surface area (Å²) in [6.07, 6.45) is -1.35. The molecule has 0 radical (unpaired) electrons. The lowest BCUT2D eigenvalue weighted by Gasteiger charge is -2.34. The van der Waals surface area contributed by atoms with Gasteiger partial charge in [0.25, 0.3) is 0 Å². The highest BCUT2D eigenvalue weighted by atomic mass is 16.6. The van der Waals surface area contributed by atoms with Crippen molar-refractivity contribution in [1.29, 1.82) is 0 Å². The molecule has 116 valence electrons. The number of hydrogen-bond acceptors (Lipinski definition) is 6. The Morgan fingerprint density at radius 3 is 2.10 bits per heavy atom. The van der Waals surface area contributed by atoms with Gasteiger partial charge >= 0.3 is 11.9 Å². The van der Waals surface area contributed by atoms with Gasteiger partial charge in [-0.2, -0.15) is 0 Å². The summed E-state index contributed by atoms with van der Waals surface area (Å²) in [6.45, 7) is 6.34. The molecule has 0 saturated carbocycles. The van der Waals surface area contributed by atoms with E-state index in [0.717, 1.165) is 0 Å². The topological polar surface area (TPSA) is 105 Å². The zero-order valence-electron chi connectivity index (χ0n) is 12.8. The number of nitrogens with two attached hydrogens (primary N) is 2. The largest absolute Gasteiger partial charge is 0.458 e. The molecule has 0 heterocycles. The first-order chi connectivity index (χ1) is 9.57. The van der Waals surface area contributed by atoms with E-state index in [1.807, 2.05) is 0 Å². The van der Waals surface area contributed by atoms with E-state index in [2.05, 4.69) is 0 Å². The summed E-state index contributed by atoms with van der Waals surface area (Å²) >= 11 is 0. The highest BCUT2D eigenvalue weighted by Crippen LogP contribution is 2.26. The molecule has 0 aliphatic heterocycles. The molecule has 4 N–H and O–H groups in total. The third-order valence-electron chi connectivity index (χ3n) is 2.73. The molecule has 21 heavy (non-hydrogen) atoms. The van der Waals surface area contributed by atoms with E-state index in [9.17, 15) is 9.59 Å². The van der Waals surface area contributed by atoms with Crippen LogP contribution < -0.4 is 11.5 Å². The van der Waals surface area contributed by atoms with Crippen molar-refractivity contribution in [3.63, 3.8) is 0 Å². The van der Waals surface area contributed by atoms with Crippen LogP contribution in [0.15, 0.2) is 30.3 Å². The van der Waals surface area contributed by atoms with Crippen LogP contribution in [0.25, 0.3) is 0 Å². The van der Waals surface area contributed by atoms with E-state index >= 15 is 0 Å². The van der Waals surface area contributed by atoms with Gasteiger partial charge in [-0.3, -0.25) is 10.5 Å². The van der Waals surface area contributed by atoms with Gasteiger partial charge in [-0.1, -0.05) is 30.3 Å². The van der Waals surface area contributed by atoms with Crippen molar-refractivity contribution >= 4 is 11.9 Å². The molecule has 0 aliphatic carbocycles. The monoisotopic (exact) mass is 294 g/mol. The average molecular weight is 294 g/mol. The molecule has 2 atom stereocenters. The van der Waals surface area contributed by atoms with E-state index in [1.54, 1.807) is 51.1 Å². The Bertz CT molecular complexity index is 510. The van der Waals surface area contributed by atoms with Gasteiger partial charge in [0.15, 0.2) is 11.8 Å². The minimum absolute atomic E-state index is 0.410. The summed E-state index contributed by atoms with van der Waals surface area (Å²) in [4.78, 5) is 23.6. The lowest BCUT2D eigenvalue weighted by molar-refractivity contribution is -0.172. The van der Waals surface area contributed by atoms with Crippen molar-refractivity contribution in [2.24, 2.45) is 11.5 Å². The molecule has 0 aromatic heterocycles. The molecule has 0 amide bonds. The number of esters is 2. The predicted molar refractivity (Wildman–Crippen MR) is 77.9 cm³/mol. The zero-order valence-corrected chi connectivity index (χ0v) is 12.8. The Morgan fingerprint density at radius 1 is 1.14 bits per heavy atom. The lowest BCUT2D eigenvalue weighted by atomic mass is 9.89. The van der Waals surface area contributed by atoms with Crippen LogP contribution in [0.4, 0.5) is 0 Å². The van der Waals surface area contributed by atoms with Crippen LogP contribution in [-0.4, -0.2) is 23.8 Å². The van der Waals surface area contributed by atoms with Gasteiger partial charge < -0.3 is 15.2 Å². The van der Waals surface area contributed by atoms with Crippen LogP contribution >= 0.6 is 0 Å². The second kappa shape index (κ2) is 6.24. The van der Waals surface area contributed by atoms with Gasteiger partial charge in [-0.05, 0) is 26.3 Å². The quantitative estimate of drug-likeness (QED) is 0.635. The summed E-state index contributed by atoms with van der Waals surface area (Å²) in [5.41, 5.74) is 9.91. The first kappa shape index (κ1) is 17.1. The molecule has 0 fully saturated rings. The molecular formula is C15H22N2O4. The molecular weight excluding hydrogens is 272 g/mol. The summed E-state index contributed by atoms with van der Waals surface area (Å²) in [5, 5.41) is 0. The normalized spacial score (nSPS) is 15.7. The molecule has 0 spiro atoms. The van der Waals surface area contributed by atoms with Crippen LogP contribution in [0.3, 0.4) is 0 Å². The fourth-order valence-corrected chi connectivity index (χ4v) is 1.75. The summed E-state index contributed by atoms with van der Waals surface area (Å²) in [7, 11) is 0. The van der Waals surface area contributed by atoms with Crippen LogP contribution in [0.5, 0.6) is 0 Å². The fourth-order valence-electron chi connectivity index (χ4n) is 1.75. The number of ether oxygens (including phenoxy) is 2. The van der Waals surface area contributed by atoms with E-state index in [0.29, 0.717) is 5.56 Å². The average Bonchev–Trinajstić information content (AvgIpc) is 2.35. The van der Waals surface area contributed by atoms with E-state index < -0.39 is 29.3 Å². The maximum absolute atomic E-state index is 12.5. The first-order valence-electron chi connectivity index (χ1n) is 6.58. The molecule has 6 heteroatoms. The highest BCUT2D eigenvalue weighted by molar-refractivity contribution is 5.84. The third kappa shape index (κ3) is 4.27. The van der Waals surface area contributed by atoms with Crippen molar-refractivity contribution in [2.75, 3.05) is 0 Å². The zero-order chi connectivity index (χ0) is 16.3. The van der Waals surface area contributed by atoms with E-state index in [-0.39, 0.29) is 0 Å². The molecule has 1 unspecified atom stereocenters. The lowest BCUT2D eigenvalue weighted by Crippen LogP contribution is -2.61. The maximum atomic E-state index is 12.5. The Morgan fingerprint density at radius 2 is 1.67 bits per heavy atom. The summed E-state index contributed by atoms with van der Waals surface area (Å²) < 4.78 is 10.2. The minimum atomic E-state index is -1.78. The second-order valence-electron chi connectivity index (χ2n) is 5.77. The summed E-state index contributed by atoms with van der Waals surface area (Å²) in [6, 6.07) is 8.46. The molecule has 1 aromatic rings. The van der Waals surface area contributed by atoms with Gasteiger partial charge in [0.2, 0.25) is 0 Å². The van der Waals surface area contributed by atoms with Crippen molar-refractivity contribution in [1.82, 2.24) is 0 Å². The number of benzene rings is 1. The van der Waals surface area contributed by atoms with Crippen molar-refractivity contribution in [2.45, 2.75) is 45.1 Å². The van der Waals surface area contributed by atoms with Gasteiger partial charge in [0.1, 0.15) is 5.60 Å².